The number of amides is 1. The van der Waals surface area contributed by atoms with Gasteiger partial charge in [-0.05, 0) is 37.1 Å². The summed E-state index contributed by atoms with van der Waals surface area (Å²) in [5.74, 6) is -1.64. The van der Waals surface area contributed by atoms with E-state index in [9.17, 15) is 14.7 Å². The van der Waals surface area contributed by atoms with Crippen molar-refractivity contribution in [3.05, 3.63) is 40.5 Å². The molecule has 2 aromatic rings. The third kappa shape index (κ3) is 2.67. The predicted octanol–water partition coefficient (Wildman–Crippen LogP) is 1.72. The van der Waals surface area contributed by atoms with Crippen molar-refractivity contribution in [2.75, 3.05) is 4.90 Å². The van der Waals surface area contributed by atoms with Crippen molar-refractivity contribution >= 4 is 29.2 Å². The van der Waals surface area contributed by atoms with E-state index in [1.54, 1.807) is 25.1 Å². The van der Waals surface area contributed by atoms with Crippen LogP contribution < -0.4 is 14.7 Å². The van der Waals surface area contributed by atoms with Gasteiger partial charge >= 0.3 is 0 Å². The second-order valence-corrected chi connectivity index (χ2v) is 5.76. The smallest absolute Gasteiger partial charge is 0.264 e. The molecule has 0 spiro atoms. The van der Waals surface area contributed by atoms with Crippen LogP contribution in [0.4, 0.5) is 5.69 Å². The molecule has 1 aromatic carbocycles. The summed E-state index contributed by atoms with van der Waals surface area (Å²) in [4.78, 5) is 25.7. The molecule has 0 bridgehead atoms. The van der Waals surface area contributed by atoms with Crippen LogP contribution in [0.3, 0.4) is 0 Å². The summed E-state index contributed by atoms with van der Waals surface area (Å²) in [7, 11) is 0. The Morgan fingerprint density at radius 3 is 2.79 bits per heavy atom. The van der Waals surface area contributed by atoms with E-state index < -0.39 is 17.9 Å². The first-order valence-electron chi connectivity index (χ1n) is 7.28. The zero-order valence-electron chi connectivity index (χ0n) is 12.9. The summed E-state index contributed by atoms with van der Waals surface area (Å²) in [6.45, 7) is 3.51. The number of carbonyl (C=O) groups excluding carboxylic acids is 2. The van der Waals surface area contributed by atoms with Gasteiger partial charge < -0.3 is 14.6 Å². The van der Waals surface area contributed by atoms with E-state index in [0.717, 1.165) is 10.5 Å². The lowest BCUT2D eigenvalue weighted by Gasteiger charge is -2.31. The van der Waals surface area contributed by atoms with Crippen LogP contribution in [0.2, 0.25) is 5.15 Å². The summed E-state index contributed by atoms with van der Waals surface area (Å²) >= 11 is 5.83. The van der Waals surface area contributed by atoms with Gasteiger partial charge in [0.15, 0.2) is 10.9 Å². The number of rotatable bonds is 3. The zero-order valence-corrected chi connectivity index (χ0v) is 13.7. The fourth-order valence-electron chi connectivity index (χ4n) is 2.59. The highest BCUT2D eigenvalue weighted by atomic mass is 35.5. The van der Waals surface area contributed by atoms with Gasteiger partial charge in [-0.15, -0.1) is 10.2 Å². The van der Waals surface area contributed by atoms with Crippen molar-refractivity contribution in [1.82, 2.24) is 10.2 Å². The largest absolute Gasteiger partial charge is 0.548 e. The number of nitrogens with zero attached hydrogens (tertiary/aromatic N) is 3. The Morgan fingerprint density at radius 2 is 2.12 bits per heavy atom. The number of carboxylic acids is 1. The summed E-state index contributed by atoms with van der Waals surface area (Å²) in [5, 5.41) is 19.0. The van der Waals surface area contributed by atoms with Crippen LogP contribution in [-0.4, -0.2) is 28.1 Å². The standard InChI is InChI=1S/C16H14ClN3O4/c1-3-10(16(22)23)20-11-5-4-8(2)6-12(11)24-14-9(15(20)21)7-13(17)18-19-14/h4-7,10H,3H2,1-2H3,(H,22,23)/p-1. The van der Waals surface area contributed by atoms with Gasteiger partial charge in [-0.25, -0.2) is 0 Å². The van der Waals surface area contributed by atoms with E-state index in [1.165, 1.54) is 6.07 Å². The van der Waals surface area contributed by atoms with Gasteiger partial charge in [0, 0.05) is 0 Å². The molecule has 0 radical (unpaired) electrons. The van der Waals surface area contributed by atoms with Crippen molar-refractivity contribution in [1.29, 1.82) is 0 Å². The van der Waals surface area contributed by atoms with E-state index in [-0.39, 0.29) is 23.0 Å². The third-order valence-corrected chi connectivity index (χ3v) is 3.92. The first-order valence-corrected chi connectivity index (χ1v) is 7.66. The minimum atomic E-state index is -1.35. The molecule has 8 heteroatoms. The van der Waals surface area contributed by atoms with Gasteiger partial charge in [0.25, 0.3) is 11.8 Å². The van der Waals surface area contributed by atoms with Crippen LogP contribution >= 0.6 is 11.6 Å². The zero-order chi connectivity index (χ0) is 17.4. The molecule has 0 fully saturated rings. The predicted molar refractivity (Wildman–Crippen MR) is 84.2 cm³/mol. The SMILES string of the molecule is CCC(C(=O)[O-])N1C(=O)c2cc(Cl)nnc2Oc2cc(C)ccc21. The Bertz CT molecular complexity index is 840. The maximum atomic E-state index is 13.0. The van der Waals surface area contributed by atoms with Gasteiger partial charge in [0.1, 0.15) is 5.56 Å². The Hall–Kier alpha value is -2.67. The van der Waals surface area contributed by atoms with Gasteiger partial charge in [-0.2, -0.15) is 0 Å². The van der Waals surface area contributed by atoms with Crippen LogP contribution in [-0.2, 0) is 4.79 Å². The van der Waals surface area contributed by atoms with Crippen molar-refractivity contribution in [3.63, 3.8) is 0 Å². The Balaban J connectivity index is 2.26. The molecule has 124 valence electrons. The molecule has 1 amide bonds. The minimum Gasteiger partial charge on any atom is -0.548 e. The lowest BCUT2D eigenvalue weighted by Crippen LogP contribution is -2.50. The fraction of sp³-hybridized carbons (Fsp3) is 0.250. The summed E-state index contributed by atoms with van der Waals surface area (Å²) < 4.78 is 5.71. The second-order valence-electron chi connectivity index (χ2n) is 5.38. The Labute approximate surface area is 142 Å². The molecule has 1 aliphatic rings. The van der Waals surface area contributed by atoms with Crippen LogP contribution in [0.15, 0.2) is 24.3 Å². The normalized spacial score (nSPS) is 14.3. The van der Waals surface area contributed by atoms with E-state index in [2.05, 4.69) is 10.2 Å². The van der Waals surface area contributed by atoms with Crippen LogP contribution in [0.5, 0.6) is 11.6 Å². The highest BCUT2D eigenvalue weighted by Gasteiger charge is 2.34. The Morgan fingerprint density at radius 1 is 1.38 bits per heavy atom. The highest BCUT2D eigenvalue weighted by molar-refractivity contribution is 6.30. The summed E-state index contributed by atoms with van der Waals surface area (Å²) in [5.41, 5.74) is 1.26. The molecule has 1 aromatic heterocycles. The molecule has 7 nitrogen and oxygen atoms in total. The molecular weight excluding hydrogens is 334 g/mol. The molecule has 1 atom stereocenters. The first-order chi connectivity index (χ1) is 11.4. The number of fused-ring (bicyclic) bond motifs is 2. The van der Waals surface area contributed by atoms with Crippen LogP contribution in [0.1, 0.15) is 29.3 Å². The molecule has 3 rings (SSSR count). The number of carbonyl (C=O) groups is 2. The van der Waals surface area contributed by atoms with Gasteiger partial charge in [0.2, 0.25) is 0 Å². The first kappa shape index (κ1) is 16.2. The highest BCUT2D eigenvalue weighted by Crippen LogP contribution is 2.40. The lowest BCUT2D eigenvalue weighted by molar-refractivity contribution is -0.307. The van der Waals surface area contributed by atoms with E-state index in [4.69, 9.17) is 16.3 Å². The lowest BCUT2D eigenvalue weighted by atomic mass is 10.1. The number of halogens is 1. The molecular formula is C16H13ClN3O4-. The van der Waals surface area contributed by atoms with E-state index in [0.29, 0.717) is 11.4 Å². The molecule has 1 aliphatic heterocycles. The molecule has 2 heterocycles. The number of anilines is 1. The van der Waals surface area contributed by atoms with Crippen molar-refractivity contribution in [3.8, 4) is 11.6 Å². The molecule has 0 aliphatic carbocycles. The van der Waals surface area contributed by atoms with Crippen LogP contribution in [0.25, 0.3) is 0 Å². The summed E-state index contributed by atoms with van der Waals surface area (Å²) in [6.07, 6.45) is 0.170. The number of hydrogen-bond donors (Lipinski definition) is 0. The molecule has 24 heavy (non-hydrogen) atoms. The minimum absolute atomic E-state index is 0.00860. The quantitative estimate of drug-likeness (QED) is 0.839. The van der Waals surface area contributed by atoms with Crippen molar-refractivity contribution in [2.24, 2.45) is 0 Å². The molecule has 0 saturated heterocycles. The molecule has 0 N–H and O–H groups in total. The maximum Gasteiger partial charge on any atom is 0.264 e. The molecule has 1 unspecified atom stereocenters. The van der Waals surface area contributed by atoms with Gasteiger partial charge in [0.05, 0.1) is 17.7 Å². The third-order valence-electron chi connectivity index (χ3n) is 3.73. The number of aliphatic carboxylic acids is 1. The van der Waals surface area contributed by atoms with Crippen molar-refractivity contribution in [2.45, 2.75) is 26.3 Å². The van der Waals surface area contributed by atoms with Crippen LogP contribution in [0, 0.1) is 6.92 Å². The molecule has 0 saturated carbocycles. The van der Waals surface area contributed by atoms with Gasteiger partial charge in [-0.3, -0.25) is 9.69 Å². The fourth-order valence-corrected chi connectivity index (χ4v) is 2.74. The number of aryl methyl sites for hydroxylation is 1. The van der Waals surface area contributed by atoms with Crippen molar-refractivity contribution < 1.29 is 19.4 Å². The van der Waals surface area contributed by atoms with E-state index >= 15 is 0 Å². The maximum absolute atomic E-state index is 13.0. The number of hydrogen-bond acceptors (Lipinski definition) is 6. The van der Waals surface area contributed by atoms with E-state index in [1.807, 2.05) is 6.92 Å². The number of benzene rings is 1. The number of carboxylic acid groups (broad SMARTS) is 1. The number of aromatic nitrogens is 2. The topological polar surface area (TPSA) is 95.5 Å². The monoisotopic (exact) mass is 346 g/mol. The van der Waals surface area contributed by atoms with Gasteiger partial charge in [-0.1, -0.05) is 24.6 Å². The second kappa shape index (κ2) is 6.09. The summed E-state index contributed by atoms with van der Waals surface area (Å²) in [6, 6.07) is 5.25. The average Bonchev–Trinajstić information content (AvgIpc) is 2.64. The average molecular weight is 347 g/mol. The number of ether oxygens (including phenoxy) is 1. The Kier molecular flexibility index (Phi) is 4.11.